The number of anilines is 1. The molecule has 0 spiro atoms. The van der Waals surface area contributed by atoms with Crippen molar-refractivity contribution in [3.8, 4) is 5.75 Å². The van der Waals surface area contributed by atoms with Crippen LogP contribution in [0.5, 0.6) is 5.75 Å². The lowest BCUT2D eigenvalue weighted by molar-refractivity contribution is -0.139. The molecule has 2 aliphatic rings. The van der Waals surface area contributed by atoms with Gasteiger partial charge in [-0.2, -0.15) is 13.2 Å². The van der Waals surface area contributed by atoms with Gasteiger partial charge >= 0.3 is 12.1 Å². The minimum atomic E-state index is -4.60. The van der Waals surface area contributed by atoms with E-state index < -0.39 is 30.4 Å². The molecule has 0 saturated carbocycles. The van der Waals surface area contributed by atoms with Crippen molar-refractivity contribution in [2.24, 2.45) is 4.99 Å². The maximum Gasteiger partial charge on any atom is 0.431 e. The number of carboxylic acids is 1. The fourth-order valence-electron chi connectivity index (χ4n) is 3.58. The van der Waals surface area contributed by atoms with Gasteiger partial charge in [-0.15, -0.1) is 0 Å². The second-order valence-corrected chi connectivity index (χ2v) is 8.76. The summed E-state index contributed by atoms with van der Waals surface area (Å²) in [6.07, 6.45) is -6.13. The van der Waals surface area contributed by atoms with Gasteiger partial charge in [0.2, 0.25) is 0 Å². The smallest absolute Gasteiger partial charge is 0.431 e. The molecule has 0 amide bonds. The number of alkyl halides is 3. The third-order valence-corrected chi connectivity index (χ3v) is 5.84. The van der Waals surface area contributed by atoms with Crippen molar-refractivity contribution in [3.63, 3.8) is 0 Å². The van der Waals surface area contributed by atoms with Gasteiger partial charge in [-0.1, -0.05) is 39.7 Å². The summed E-state index contributed by atoms with van der Waals surface area (Å²) in [4.78, 5) is 16.3. The zero-order chi connectivity index (χ0) is 25.0. The Kier molecular flexibility index (Phi) is 8.27. The monoisotopic (exact) mass is 560 g/mol. The van der Waals surface area contributed by atoms with Gasteiger partial charge in [-0.3, -0.25) is 14.7 Å². The van der Waals surface area contributed by atoms with Crippen molar-refractivity contribution in [2.45, 2.75) is 32.2 Å². The number of hydrogen-bond donors (Lipinski definition) is 1. The fraction of sp³-hybridized carbons (Fsp3) is 0.304. The Bertz CT molecular complexity index is 1140. The summed E-state index contributed by atoms with van der Waals surface area (Å²) >= 11 is 8.99. The number of carboxylic acid groups (broad SMARTS) is 1. The third kappa shape index (κ3) is 5.92. The number of aliphatic imine (C=N–C) groups is 1. The first-order valence-electron chi connectivity index (χ1n) is 10.0. The van der Waals surface area contributed by atoms with Gasteiger partial charge in [0.25, 0.3) is 0 Å². The first kappa shape index (κ1) is 26.1. The van der Waals surface area contributed by atoms with Gasteiger partial charge in [-0.05, 0) is 42.8 Å². The Labute approximate surface area is 207 Å². The van der Waals surface area contributed by atoms with E-state index in [0.717, 1.165) is 10.6 Å². The molecule has 4 rings (SSSR count). The van der Waals surface area contributed by atoms with Crippen molar-refractivity contribution in [1.82, 2.24) is 0 Å². The van der Waals surface area contributed by atoms with Crippen LogP contribution in [0, 0.1) is 0 Å². The second-order valence-electron chi connectivity index (χ2n) is 7.44. The zero-order valence-electron chi connectivity index (χ0n) is 18.2. The van der Waals surface area contributed by atoms with Crippen LogP contribution < -0.4 is 9.64 Å². The van der Waals surface area contributed by atoms with Crippen LogP contribution >= 0.6 is 27.5 Å². The highest BCUT2D eigenvalue weighted by Crippen LogP contribution is 2.41. The van der Waals surface area contributed by atoms with Crippen molar-refractivity contribution in [1.29, 1.82) is 0 Å². The number of halogens is 5. The number of rotatable bonds is 3. The highest BCUT2D eigenvalue weighted by molar-refractivity contribution is 9.10. The minimum Gasteiger partial charge on any atom is -0.495 e. The van der Waals surface area contributed by atoms with Gasteiger partial charge in [-0.25, -0.2) is 0 Å². The van der Waals surface area contributed by atoms with Crippen molar-refractivity contribution in [2.75, 3.05) is 18.6 Å². The lowest BCUT2D eigenvalue weighted by atomic mass is 10.1. The number of methoxy groups -OCH3 is 1. The molecule has 1 atom stereocenters. The van der Waals surface area contributed by atoms with E-state index in [0.29, 0.717) is 20.7 Å². The van der Waals surface area contributed by atoms with Crippen LogP contribution in [0.3, 0.4) is 0 Å². The molecule has 2 aliphatic heterocycles. The number of amidine groups is 1. The van der Waals surface area contributed by atoms with Crippen molar-refractivity contribution < 1.29 is 32.5 Å². The molecule has 0 radical (unpaired) electrons. The van der Waals surface area contributed by atoms with Crippen LogP contribution in [0.1, 0.15) is 18.9 Å². The number of fused-ring (bicyclic) bond motifs is 3. The number of nitrogens with zero attached hydrogens (tertiary/aromatic N) is 2. The predicted molar refractivity (Wildman–Crippen MR) is 127 cm³/mol. The van der Waals surface area contributed by atoms with Crippen LogP contribution in [0.25, 0.3) is 0 Å². The lowest BCUT2D eigenvalue weighted by Crippen LogP contribution is -2.46. The summed E-state index contributed by atoms with van der Waals surface area (Å²) in [5, 5.41) is 9.74. The van der Waals surface area contributed by atoms with E-state index in [-0.39, 0.29) is 24.6 Å². The van der Waals surface area contributed by atoms with Crippen molar-refractivity contribution >= 4 is 45.0 Å². The Morgan fingerprint density at radius 1 is 1.32 bits per heavy atom. The second kappa shape index (κ2) is 10.8. The molecule has 182 valence electrons. The molecular weight excluding hydrogens is 541 g/mol. The lowest BCUT2D eigenvalue weighted by Gasteiger charge is -2.35. The Hall–Kier alpha value is -2.56. The normalized spacial score (nSPS) is 17.6. The van der Waals surface area contributed by atoms with E-state index in [2.05, 4.69) is 20.9 Å². The molecule has 1 N–H and O–H groups in total. The number of hydrogen-bond acceptors (Lipinski definition) is 5. The average Bonchev–Trinajstić information content (AvgIpc) is 2.90. The maximum atomic E-state index is 13.7. The molecule has 0 aromatic heterocycles. The zero-order valence-corrected chi connectivity index (χ0v) is 20.5. The first-order valence-corrected chi connectivity index (χ1v) is 11.2. The van der Waals surface area contributed by atoms with Crippen LogP contribution in [0.2, 0.25) is 5.02 Å². The first-order chi connectivity index (χ1) is 16.0. The number of benzene rings is 2. The Morgan fingerprint density at radius 2 is 2.03 bits per heavy atom. The maximum absolute atomic E-state index is 13.7. The SMILES string of the molecule is CC1=C(C(F)(F)F)N2C(=NC1)[C@H](CC(=O)O)OCc1cc(Br)ccc12.COc1ccccc1Cl. The molecular formula is C23H21BrClF3N2O4. The van der Waals surface area contributed by atoms with E-state index in [1.54, 1.807) is 31.4 Å². The Balaban J connectivity index is 0.000000302. The van der Waals surface area contributed by atoms with Crippen LogP contribution in [0.15, 0.2) is 63.2 Å². The molecule has 11 heteroatoms. The molecule has 2 aromatic carbocycles. The average molecular weight is 562 g/mol. The van der Waals surface area contributed by atoms with Crippen LogP contribution in [0.4, 0.5) is 18.9 Å². The summed E-state index contributed by atoms with van der Waals surface area (Å²) in [5.74, 6) is -0.472. The molecule has 6 nitrogen and oxygen atoms in total. The van der Waals surface area contributed by atoms with E-state index in [9.17, 15) is 18.0 Å². The number of carbonyl (C=O) groups is 1. The summed E-state index contributed by atoms with van der Waals surface area (Å²) in [7, 11) is 1.60. The number of para-hydroxylation sites is 1. The molecule has 34 heavy (non-hydrogen) atoms. The van der Waals surface area contributed by atoms with Gasteiger partial charge in [0.15, 0.2) is 0 Å². The van der Waals surface area contributed by atoms with E-state index in [1.165, 1.54) is 6.92 Å². The molecule has 2 aromatic rings. The summed E-state index contributed by atoms with van der Waals surface area (Å²) < 4.78 is 52.4. The molecule has 0 saturated heterocycles. The van der Waals surface area contributed by atoms with Gasteiger partial charge in [0.1, 0.15) is 23.4 Å². The standard InChI is InChI=1S/C16H14BrF3N2O3.C7H7ClO/c1-8-6-21-15-12(5-13(23)24)25-7-9-4-10(17)2-3-11(9)22(15)14(8)16(18,19)20;1-9-7-5-3-2-4-6(7)8/h2-4,12H,5-7H2,1H3,(H,23,24);2-5H,1H3/t12-;/m0./s1. The number of allylic oxidation sites excluding steroid dienone is 1. The molecule has 0 aliphatic carbocycles. The van der Waals surface area contributed by atoms with Gasteiger partial charge in [0, 0.05) is 10.0 Å². The van der Waals surface area contributed by atoms with Crippen molar-refractivity contribution in [3.05, 3.63) is 68.8 Å². The fourth-order valence-corrected chi connectivity index (χ4v) is 4.20. The highest BCUT2D eigenvalue weighted by atomic mass is 79.9. The Morgan fingerprint density at radius 3 is 2.62 bits per heavy atom. The quantitative estimate of drug-likeness (QED) is 0.481. The largest absolute Gasteiger partial charge is 0.495 e. The van der Waals surface area contributed by atoms with E-state index in [4.69, 9.17) is 26.2 Å². The predicted octanol–water partition coefficient (Wildman–Crippen LogP) is 6.23. The van der Waals surface area contributed by atoms with Gasteiger partial charge < -0.3 is 14.6 Å². The van der Waals surface area contributed by atoms with E-state index in [1.807, 2.05) is 18.2 Å². The number of ether oxygens (including phenoxy) is 2. The molecule has 0 bridgehead atoms. The third-order valence-electron chi connectivity index (χ3n) is 5.03. The summed E-state index contributed by atoms with van der Waals surface area (Å²) in [5.41, 5.74) is 0.0516. The van der Waals surface area contributed by atoms with Crippen LogP contribution in [-0.2, 0) is 16.1 Å². The van der Waals surface area contributed by atoms with Crippen LogP contribution in [-0.4, -0.2) is 42.8 Å². The number of aliphatic carboxylic acids is 1. The molecule has 0 fully saturated rings. The topological polar surface area (TPSA) is 71.4 Å². The molecule has 0 unspecified atom stereocenters. The highest BCUT2D eigenvalue weighted by Gasteiger charge is 2.46. The summed E-state index contributed by atoms with van der Waals surface area (Å²) in [6.45, 7) is 1.22. The van der Waals surface area contributed by atoms with Gasteiger partial charge in [0.05, 0.1) is 37.4 Å². The molecule has 2 heterocycles. The summed E-state index contributed by atoms with van der Waals surface area (Å²) in [6, 6.07) is 12.2. The van der Waals surface area contributed by atoms with E-state index >= 15 is 0 Å². The minimum absolute atomic E-state index is 0.00752.